The van der Waals surface area contributed by atoms with Crippen molar-refractivity contribution in [2.75, 3.05) is 25.0 Å². The molecule has 0 spiro atoms. The predicted molar refractivity (Wildman–Crippen MR) is 78.6 cm³/mol. The molecule has 0 radical (unpaired) electrons. The van der Waals surface area contributed by atoms with Gasteiger partial charge in [-0.2, -0.15) is 0 Å². The Bertz CT molecular complexity index is 385. The molecular formula is C13H22N4OS. The second kappa shape index (κ2) is 6.86. The van der Waals surface area contributed by atoms with Crippen LogP contribution < -0.4 is 10.6 Å². The number of aromatic nitrogens is 1. The number of carbonyl (C=O) groups is 1. The number of rotatable bonds is 4. The van der Waals surface area contributed by atoms with E-state index in [9.17, 15) is 4.79 Å². The normalized spacial score (nSPS) is 17.6. The van der Waals surface area contributed by atoms with E-state index in [2.05, 4.69) is 34.4 Å². The molecular weight excluding hydrogens is 260 g/mol. The van der Waals surface area contributed by atoms with Crippen LogP contribution in [0.2, 0.25) is 0 Å². The Morgan fingerprint density at radius 3 is 2.84 bits per heavy atom. The summed E-state index contributed by atoms with van der Waals surface area (Å²) < 4.78 is 0. The quantitative estimate of drug-likeness (QED) is 0.891. The number of nitrogens with zero attached hydrogens (tertiary/aromatic N) is 2. The molecule has 2 heterocycles. The molecule has 6 heteroatoms. The van der Waals surface area contributed by atoms with Crippen LogP contribution in [0.25, 0.3) is 0 Å². The fourth-order valence-corrected chi connectivity index (χ4v) is 2.90. The summed E-state index contributed by atoms with van der Waals surface area (Å²) in [5.74, 6) is 0.706. The minimum Gasteiger partial charge on any atom is -0.335 e. The average Bonchev–Trinajstić information content (AvgIpc) is 2.83. The van der Waals surface area contributed by atoms with Crippen LogP contribution >= 0.6 is 11.3 Å². The second-order valence-electron chi connectivity index (χ2n) is 5.40. The van der Waals surface area contributed by atoms with Crippen molar-refractivity contribution in [2.24, 2.45) is 5.92 Å². The second-order valence-corrected chi connectivity index (χ2v) is 6.30. The van der Waals surface area contributed by atoms with Crippen LogP contribution in [-0.2, 0) is 0 Å². The first kappa shape index (κ1) is 14.3. The molecule has 0 aromatic carbocycles. The number of likely N-dealkylation sites (tertiary alicyclic amines) is 1. The highest BCUT2D eigenvalue weighted by atomic mass is 32.1. The molecule has 106 valence electrons. The van der Waals surface area contributed by atoms with Crippen LogP contribution in [0.15, 0.2) is 11.6 Å². The van der Waals surface area contributed by atoms with Crippen molar-refractivity contribution in [3.05, 3.63) is 11.6 Å². The minimum absolute atomic E-state index is 0.141. The fourth-order valence-electron chi connectivity index (χ4n) is 2.38. The summed E-state index contributed by atoms with van der Waals surface area (Å²) in [6, 6.07) is 0.139. The largest absolute Gasteiger partial charge is 0.335 e. The molecule has 0 unspecified atom stereocenters. The Morgan fingerprint density at radius 2 is 2.26 bits per heavy atom. The maximum atomic E-state index is 11.8. The Hall–Kier alpha value is -1.14. The van der Waals surface area contributed by atoms with Crippen LogP contribution in [0.5, 0.6) is 0 Å². The van der Waals surface area contributed by atoms with Crippen LogP contribution in [0.4, 0.5) is 9.93 Å². The van der Waals surface area contributed by atoms with Gasteiger partial charge in [0.2, 0.25) is 0 Å². The monoisotopic (exact) mass is 282 g/mol. The summed E-state index contributed by atoms with van der Waals surface area (Å²) in [7, 11) is 0. The third-order valence-electron chi connectivity index (χ3n) is 3.20. The Balaban J connectivity index is 1.69. The van der Waals surface area contributed by atoms with Crippen molar-refractivity contribution in [1.82, 2.24) is 15.2 Å². The first-order valence-corrected chi connectivity index (χ1v) is 7.71. The first-order valence-electron chi connectivity index (χ1n) is 6.83. The summed E-state index contributed by atoms with van der Waals surface area (Å²) in [5, 5.41) is 8.27. The summed E-state index contributed by atoms with van der Waals surface area (Å²) in [4.78, 5) is 18.3. The average molecular weight is 282 g/mol. The van der Waals surface area contributed by atoms with Gasteiger partial charge in [-0.3, -0.25) is 5.32 Å². The smallest absolute Gasteiger partial charge is 0.321 e. The summed E-state index contributed by atoms with van der Waals surface area (Å²) >= 11 is 1.43. The SMILES string of the molecule is CC(C)CN1CCC(NC(=O)Nc2nccs2)CC1. The van der Waals surface area contributed by atoms with Crippen molar-refractivity contribution in [2.45, 2.75) is 32.7 Å². The number of piperidine rings is 1. The number of urea groups is 1. The first-order chi connectivity index (χ1) is 9.13. The lowest BCUT2D eigenvalue weighted by Gasteiger charge is -2.33. The lowest BCUT2D eigenvalue weighted by Crippen LogP contribution is -2.46. The van der Waals surface area contributed by atoms with Crippen LogP contribution in [0.3, 0.4) is 0 Å². The zero-order valence-corrected chi connectivity index (χ0v) is 12.4. The number of amides is 2. The predicted octanol–water partition coefficient (Wildman–Crippen LogP) is 2.38. The molecule has 0 atom stereocenters. The molecule has 2 N–H and O–H groups in total. The van der Waals surface area contributed by atoms with Crippen molar-refractivity contribution in [3.63, 3.8) is 0 Å². The molecule has 1 aromatic rings. The van der Waals surface area contributed by atoms with E-state index in [1.165, 1.54) is 11.3 Å². The van der Waals surface area contributed by atoms with Crippen molar-refractivity contribution >= 4 is 22.5 Å². The van der Waals surface area contributed by atoms with Crippen LogP contribution in [-0.4, -0.2) is 41.6 Å². The van der Waals surface area contributed by atoms with Gasteiger partial charge in [0.05, 0.1) is 0 Å². The zero-order valence-electron chi connectivity index (χ0n) is 11.6. The van der Waals surface area contributed by atoms with Gasteiger partial charge in [-0.05, 0) is 18.8 Å². The molecule has 1 fully saturated rings. The van der Waals surface area contributed by atoms with Crippen LogP contribution in [0.1, 0.15) is 26.7 Å². The molecule has 0 bridgehead atoms. The van der Waals surface area contributed by atoms with E-state index in [4.69, 9.17) is 0 Å². The van der Waals surface area contributed by atoms with Gasteiger partial charge in [0.1, 0.15) is 0 Å². The van der Waals surface area contributed by atoms with E-state index >= 15 is 0 Å². The third kappa shape index (κ3) is 4.80. The highest BCUT2D eigenvalue weighted by Gasteiger charge is 2.21. The van der Waals surface area contributed by atoms with E-state index in [-0.39, 0.29) is 12.1 Å². The van der Waals surface area contributed by atoms with E-state index < -0.39 is 0 Å². The number of hydrogen-bond acceptors (Lipinski definition) is 4. The molecule has 2 amide bonds. The van der Waals surface area contributed by atoms with E-state index in [0.717, 1.165) is 32.5 Å². The number of thiazole rings is 1. The number of anilines is 1. The number of hydrogen-bond donors (Lipinski definition) is 2. The lowest BCUT2D eigenvalue weighted by molar-refractivity contribution is 0.180. The number of carbonyl (C=O) groups excluding carboxylic acids is 1. The molecule has 5 nitrogen and oxygen atoms in total. The van der Waals surface area contributed by atoms with E-state index in [0.29, 0.717) is 11.0 Å². The van der Waals surface area contributed by atoms with Gasteiger partial charge in [-0.25, -0.2) is 9.78 Å². The van der Waals surface area contributed by atoms with Gasteiger partial charge >= 0.3 is 6.03 Å². The molecule has 1 aromatic heterocycles. The maximum Gasteiger partial charge on any atom is 0.321 e. The van der Waals surface area contributed by atoms with Crippen LogP contribution in [0, 0.1) is 5.92 Å². The van der Waals surface area contributed by atoms with E-state index in [1.54, 1.807) is 6.20 Å². The molecule has 0 saturated carbocycles. The van der Waals surface area contributed by atoms with Gasteiger partial charge < -0.3 is 10.2 Å². The van der Waals surface area contributed by atoms with Crippen molar-refractivity contribution in [3.8, 4) is 0 Å². The number of nitrogens with one attached hydrogen (secondary N) is 2. The third-order valence-corrected chi connectivity index (χ3v) is 3.89. The summed E-state index contributed by atoms with van der Waals surface area (Å²) in [6.45, 7) is 7.77. The molecule has 1 aliphatic heterocycles. The van der Waals surface area contributed by atoms with Gasteiger partial charge in [-0.1, -0.05) is 13.8 Å². The fraction of sp³-hybridized carbons (Fsp3) is 0.692. The minimum atomic E-state index is -0.141. The van der Waals surface area contributed by atoms with Crippen molar-refractivity contribution in [1.29, 1.82) is 0 Å². The zero-order chi connectivity index (χ0) is 13.7. The maximum absolute atomic E-state index is 11.8. The standard InChI is InChI=1S/C13H22N4OS/c1-10(2)9-17-6-3-11(4-7-17)15-12(18)16-13-14-5-8-19-13/h5,8,10-11H,3-4,6-7,9H2,1-2H3,(H2,14,15,16,18). The molecule has 19 heavy (non-hydrogen) atoms. The summed E-state index contributed by atoms with van der Waals surface area (Å²) in [6.07, 6.45) is 3.74. The highest BCUT2D eigenvalue weighted by molar-refractivity contribution is 7.13. The van der Waals surface area contributed by atoms with Gasteiger partial charge in [0.25, 0.3) is 0 Å². The Morgan fingerprint density at radius 1 is 1.53 bits per heavy atom. The highest BCUT2D eigenvalue weighted by Crippen LogP contribution is 2.13. The van der Waals surface area contributed by atoms with Gasteiger partial charge in [0, 0.05) is 37.3 Å². The van der Waals surface area contributed by atoms with Crippen molar-refractivity contribution < 1.29 is 4.79 Å². The van der Waals surface area contributed by atoms with E-state index in [1.807, 2.05) is 5.38 Å². The molecule has 0 aliphatic carbocycles. The summed E-state index contributed by atoms with van der Waals surface area (Å²) in [5.41, 5.74) is 0. The van der Waals surface area contributed by atoms with Gasteiger partial charge in [0.15, 0.2) is 5.13 Å². The lowest BCUT2D eigenvalue weighted by atomic mass is 10.0. The van der Waals surface area contributed by atoms with Gasteiger partial charge in [-0.15, -0.1) is 11.3 Å². The Kier molecular flexibility index (Phi) is 5.15. The molecule has 1 saturated heterocycles. The Labute approximate surface area is 118 Å². The molecule has 2 rings (SSSR count). The topological polar surface area (TPSA) is 57.3 Å². The molecule has 1 aliphatic rings.